The number of amides is 1. The maximum Gasteiger partial charge on any atom is 0.242 e. The molecule has 2 fully saturated rings. The second-order valence-corrected chi connectivity index (χ2v) is 9.55. The summed E-state index contributed by atoms with van der Waals surface area (Å²) in [6.07, 6.45) is 13.3. The Kier molecular flexibility index (Phi) is 8.77. The Hall–Kier alpha value is -3.73. The molecule has 4 aromatic rings. The van der Waals surface area contributed by atoms with Gasteiger partial charge in [0.15, 0.2) is 0 Å². The zero-order valence-corrected chi connectivity index (χ0v) is 23.2. The summed E-state index contributed by atoms with van der Waals surface area (Å²) in [7, 11) is 3.47. The first-order chi connectivity index (χ1) is 18.4. The summed E-state index contributed by atoms with van der Waals surface area (Å²) in [5, 5.41) is 12.0. The van der Waals surface area contributed by atoms with Gasteiger partial charge in [-0.2, -0.15) is 10.1 Å². The molecule has 4 aromatic heterocycles. The number of carbonyl (C=O) groups excluding carboxylic acids is 1. The lowest BCUT2D eigenvalue weighted by Crippen LogP contribution is -2.43. The number of piperidine rings is 1. The molecule has 6 rings (SSSR count). The number of anilines is 2. The second-order valence-electron chi connectivity index (χ2n) is 9.55. The van der Waals surface area contributed by atoms with Gasteiger partial charge in [-0.15, -0.1) is 0 Å². The lowest BCUT2D eigenvalue weighted by atomic mass is 10.0. The summed E-state index contributed by atoms with van der Waals surface area (Å²) in [6, 6.07) is 1.51. The molecule has 0 unspecified atom stereocenters. The Labute approximate surface area is 223 Å². The highest BCUT2D eigenvalue weighted by Crippen LogP contribution is 2.29. The van der Waals surface area contributed by atoms with Crippen molar-refractivity contribution in [2.24, 2.45) is 7.05 Å². The van der Waals surface area contributed by atoms with Gasteiger partial charge in [0.25, 0.3) is 0 Å². The number of carbonyl (C=O) groups is 1. The standard InChI is InChI=1S/C16H23N5.C9H10N4O2.C2H6/c1-11-9-17-16(14-10-20(2)19-15(11)14)21-7-5-13(6-8-21)18-12-3-4-12;1-6-3-13-4-7(10-5-14)8(15-2)12-9(13)11-6;1-2/h9-10,12-13,18H,3-8H2,1-2H3;3-5H,1-2H3,(H,10,14);1-2H3. The molecule has 1 saturated carbocycles. The van der Waals surface area contributed by atoms with Crippen molar-refractivity contribution >= 4 is 34.6 Å². The average Bonchev–Trinajstić information content (AvgIpc) is 3.53. The molecule has 2 N–H and O–H groups in total. The maximum atomic E-state index is 10.4. The predicted molar refractivity (Wildman–Crippen MR) is 150 cm³/mol. The molecule has 1 saturated heterocycles. The molecule has 1 aliphatic heterocycles. The van der Waals surface area contributed by atoms with Crippen LogP contribution in [0.4, 0.5) is 11.5 Å². The molecule has 5 heterocycles. The predicted octanol–water partition coefficient (Wildman–Crippen LogP) is 3.64. The Bertz CT molecular complexity index is 1370. The number of imidazole rings is 1. The number of ether oxygens (including phenoxy) is 1. The highest BCUT2D eigenvalue weighted by atomic mass is 16.5. The minimum atomic E-state index is 0.347. The number of fused-ring (bicyclic) bond motifs is 2. The van der Waals surface area contributed by atoms with Gasteiger partial charge in [-0.25, -0.2) is 9.97 Å². The van der Waals surface area contributed by atoms with Gasteiger partial charge in [-0.1, -0.05) is 13.8 Å². The fourth-order valence-corrected chi connectivity index (χ4v) is 4.67. The van der Waals surface area contributed by atoms with Gasteiger partial charge in [0.2, 0.25) is 18.1 Å². The van der Waals surface area contributed by atoms with Gasteiger partial charge in [0, 0.05) is 57.0 Å². The van der Waals surface area contributed by atoms with Crippen LogP contribution in [0.25, 0.3) is 16.7 Å². The normalized spacial score (nSPS) is 15.5. The molecule has 2 aliphatic rings. The molecule has 0 radical (unpaired) electrons. The van der Waals surface area contributed by atoms with Crippen LogP contribution in [0.1, 0.15) is 50.8 Å². The van der Waals surface area contributed by atoms with Crippen molar-refractivity contribution in [1.82, 2.24) is 34.4 Å². The fraction of sp³-hybridized carbons (Fsp3) is 0.519. The first-order valence-electron chi connectivity index (χ1n) is 13.4. The highest BCUT2D eigenvalue weighted by Gasteiger charge is 2.28. The van der Waals surface area contributed by atoms with Crippen molar-refractivity contribution in [3.8, 4) is 5.88 Å². The number of nitrogens with zero attached hydrogens (tertiary/aromatic N) is 7. The first kappa shape index (κ1) is 27.3. The minimum Gasteiger partial charge on any atom is -0.479 e. The lowest BCUT2D eigenvalue weighted by Gasteiger charge is -2.33. The number of nitrogens with one attached hydrogen (secondary N) is 2. The average molecular weight is 522 g/mol. The summed E-state index contributed by atoms with van der Waals surface area (Å²) >= 11 is 0. The second kappa shape index (κ2) is 12.2. The topological polar surface area (TPSA) is 115 Å². The third kappa shape index (κ3) is 6.21. The smallest absolute Gasteiger partial charge is 0.242 e. The van der Waals surface area contributed by atoms with Crippen LogP contribution in [0.3, 0.4) is 0 Å². The number of hydrogen-bond acceptors (Lipinski definition) is 8. The summed E-state index contributed by atoms with van der Waals surface area (Å²) in [5.41, 5.74) is 3.60. The number of hydrogen-bond donors (Lipinski definition) is 2. The molecule has 204 valence electrons. The molecule has 0 bridgehead atoms. The zero-order valence-electron chi connectivity index (χ0n) is 23.2. The molecule has 11 nitrogen and oxygen atoms in total. The largest absolute Gasteiger partial charge is 0.479 e. The molecular weight excluding hydrogens is 482 g/mol. The summed E-state index contributed by atoms with van der Waals surface area (Å²) in [6.45, 7) is 10.1. The lowest BCUT2D eigenvalue weighted by molar-refractivity contribution is -0.105. The van der Waals surface area contributed by atoms with E-state index >= 15 is 0 Å². The Morgan fingerprint density at radius 2 is 1.74 bits per heavy atom. The van der Waals surface area contributed by atoms with E-state index in [-0.39, 0.29) is 0 Å². The number of rotatable bonds is 6. The third-order valence-corrected chi connectivity index (χ3v) is 6.61. The first-order valence-corrected chi connectivity index (χ1v) is 13.4. The van der Waals surface area contributed by atoms with E-state index in [1.807, 2.05) is 44.9 Å². The van der Waals surface area contributed by atoms with Gasteiger partial charge >= 0.3 is 0 Å². The summed E-state index contributed by atoms with van der Waals surface area (Å²) < 4.78 is 8.65. The van der Waals surface area contributed by atoms with E-state index in [1.54, 1.807) is 10.6 Å². The van der Waals surface area contributed by atoms with Crippen LogP contribution in [0, 0.1) is 13.8 Å². The van der Waals surface area contributed by atoms with Crippen molar-refractivity contribution in [2.75, 3.05) is 30.4 Å². The molecule has 1 aliphatic carbocycles. The zero-order chi connectivity index (χ0) is 27.2. The van der Waals surface area contributed by atoms with Gasteiger partial charge in [-0.05, 0) is 45.1 Å². The van der Waals surface area contributed by atoms with E-state index in [2.05, 4.69) is 43.7 Å². The van der Waals surface area contributed by atoms with Crippen LogP contribution >= 0.6 is 0 Å². The number of pyridine rings is 1. The quantitative estimate of drug-likeness (QED) is 0.370. The molecule has 0 atom stereocenters. The SMILES string of the molecule is CC.COc1nc2nc(C)cn2cc1NC=O.Cc1cnc(N2CCC(NC3CC3)CC2)c2cn(C)nc12. The Morgan fingerprint density at radius 3 is 2.39 bits per heavy atom. The molecule has 0 aromatic carbocycles. The monoisotopic (exact) mass is 521 g/mol. The Morgan fingerprint density at radius 1 is 1.03 bits per heavy atom. The number of aryl methyl sites for hydroxylation is 3. The summed E-state index contributed by atoms with van der Waals surface area (Å²) in [5.74, 6) is 1.99. The van der Waals surface area contributed by atoms with Gasteiger partial charge in [0.05, 0.1) is 18.2 Å². The fourth-order valence-electron chi connectivity index (χ4n) is 4.67. The van der Waals surface area contributed by atoms with E-state index < -0.39 is 0 Å². The van der Waals surface area contributed by atoms with Gasteiger partial charge in [-0.3, -0.25) is 13.9 Å². The maximum absolute atomic E-state index is 10.4. The van der Waals surface area contributed by atoms with Crippen LogP contribution in [0.15, 0.2) is 24.8 Å². The molecule has 0 spiro atoms. The van der Waals surface area contributed by atoms with E-state index in [1.165, 1.54) is 38.2 Å². The van der Waals surface area contributed by atoms with Crippen molar-refractivity contribution in [1.29, 1.82) is 0 Å². The number of methoxy groups -OCH3 is 1. The van der Waals surface area contributed by atoms with E-state index in [0.717, 1.165) is 41.7 Å². The minimum absolute atomic E-state index is 0.347. The van der Waals surface area contributed by atoms with Crippen LogP contribution in [-0.4, -0.2) is 67.8 Å². The van der Waals surface area contributed by atoms with Crippen molar-refractivity contribution in [3.63, 3.8) is 0 Å². The summed E-state index contributed by atoms with van der Waals surface area (Å²) in [4.78, 5) is 25.8. The highest BCUT2D eigenvalue weighted by molar-refractivity contribution is 5.91. The molecule has 11 heteroatoms. The van der Waals surface area contributed by atoms with E-state index in [9.17, 15) is 4.79 Å². The molecule has 38 heavy (non-hydrogen) atoms. The van der Waals surface area contributed by atoms with Crippen LogP contribution < -0.4 is 20.3 Å². The van der Waals surface area contributed by atoms with E-state index in [4.69, 9.17) is 9.72 Å². The van der Waals surface area contributed by atoms with Crippen molar-refractivity contribution < 1.29 is 9.53 Å². The van der Waals surface area contributed by atoms with Crippen LogP contribution in [0.2, 0.25) is 0 Å². The Balaban J connectivity index is 0.000000175. The number of aromatic nitrogens is 6. The van der Waals surface area contributed by atoms with Crippen LogP contribution in [0.5, 0.6) is 5.88 Å². The molecular formula is C27H39N9O2. The van der Waals surface area contributed by atoms with Gasteiger partial charge in [0.1, 0.15) is 17.0 Å². The van der Waals surface area contributed by atoms with Crippen molar-refractivity contribution in [3.05, 3.63) is 36.0 Å². The van der Waals surface area contributed by atoms with Crippen LogP contribution in [-0.2, 0) is 11.8 Å². The van der Waals surface area contributed by atoms with Gasteiger partial charge < -0.3 is 20.3 Å². The molecule has 1 amide bonds. The van der Waals surface area contributed by atoms with E-state index in [0.29, 0.717) is 29.8 Å². The van der Waals surface area contributed by atoms with Crippen molar-refractivity contribution in [2.45, 2.75) is 65.5 Å². The third-order valence-electron chi connectivity index (χ3n) is 6.61.